The predicted octanol–water partition coefficient (Wildman–Crippen LogP) is 13.3. The number of amides is 5. The van der Waals surface area contributed by atoms with E-state index in [1.54, 1.807) is 19.0 Å². The van der Waals surface area contributed by atoms with Gasteiger partial charge < -0.3 is 44.9 Å². The number of piperidine rings is 2. The van der Waals surface area contributed by atoms with E-state index in [2.05, 4.69) is 171 Å². The highest BCUT2D eigenvalue weighted by atomic mass is 16.2. The standard InChI is InChI=1S/C18H28N2O.2C16H24N2O.C15H22N2O.C12H17NO/c1-13(2)15-5-7-16(8-6-15)18(21)19-17-9-11-20(12-10-17)14(3)4;1-12(2)13-4-6-14(7-5-13)16(19)17-15-8-10-18(3)11-9-15;1-4-17-9-11-18(12-10-17)16(19)15-7-5-14(6-8-15)13(2)3;1-12(2)13-4-6-14(7-5-13)15(18)17-10-8-16(3)9-11-17;1-9(2)10-5-7-11(8-6-10)12(14)13(3)4/h5-8,13-14,17H,9-12H2,1-4H3,(H,19,21);4-7,12,15H,8-11H2,1-3H3,(H,17,19);5-8,13H,4,9-12H2,1-3H3;4-7,12H,8-11H2,1-3H3;5-9H,1-4H3. The van der Waals surface area contributed by atoms with Crippen molar-refractivity contribution in [3.05, 3.63) is 177 Å². The van der Waals surface area contributed by atoms with Crippen LogP contribution in [0.25, 0.3) is 0 Å². The molecule has 4 aliphatic rings. The average Bonchev–Trinajstić information content (AvgIpc) is 3.39. The zero-order valence-electron chi connectivity index (χ0n) is 58.9. The molecule has 5 amide bonds. The Kier molecular flexibility index (Phi) is 31.1. The highest BCUT2D eigenvalue weighted by molar-refractivity contribution is 5.96. The second-order valence-corrected chi connectivity index (χ2v) is 27.3. The summed E-state index contributed by atoms with van der Waals surface area (Å²) in [6.07, 6.45) is 4.20. The smallest absolute Gasteiger partial charge is 0.253 e. The predicted molar refractivity (Wildman–Crippen MR) is 377 cm³/mol. The maximum Gasteiger partial charge on any atom is 0.253 e. The van der Waals surface area contributed by atoms with Gasteiger partial charge in [-0.3, -0.25) is 24.0 Å². The number of nitrogens with zero attached hydrogens (tertiary/aromatic N) is 7. The molecule has 0 unspecified atom stereocenters. The summed E-state index contributed by atoms with van der Waals surface area (Å²) in [6, 6.07) is 41.1. The minimum Gasteiger partial charge on any atom is -0.349 e. The van der Waals surface area contributed by atoms with Gasteiger partial charge in [-0.25, -0.2) is 0 Å². The third-order valence-electron chi connectivity index (χ3n) is 18.1. The molecule has 4 heterocycles. The summed E-state index contributed by atoms with van der Waals surface area (Å²) in [4.78, 5) is 75.6. The number of rotatable bonds is 14. The van der Waals surface area contributed by atoms with Crippen LogP contribution in [0.4, 0.5) is 0 Å². The van der Waals surface area contributed by atoms with Crippen molar-refractivity contribution < 1.29 is 24.0 Å². The summed E-state index contributed by atoms with van der Waals surface area (Å²) in [5.41, 5.74) is 10.3. The van der Waals surface area contributed by atoms with Crippen molar-refractivity contribution in [2.75, 3.05) is 113 Å². The highest BCUT2D eigenvalue weighted by Gasteiger charge is 2.25. The van der Waals surface area contributed by atoms with E-state index in [4.69, 9.17) is 0 Å². The number of hydrogen-bond acceptors (Lipinski definition) is 9. The molecule has 0 radical (unpaired) electrons. The van der Waals surface area contributed by atoms with Crippen molar-refractivity contribution >= 4 is 29.5 Å². The zero-order valence-corrected chi connectivity index (χ0v) is 58.9. The van der Waals surface area contributed by atoms with E-state index in [1.165, 1.54) is 27.8 Å². The first-order valence-electron chi connectivity index (χ1n) is 34.0. The van der Waals surface area contributed by atoms with Gasteiger partial charge in [-0.15, -0.1) is 0 Å². The van der Waals surface area contributed by atoms with E-state index in [1.807, 2.05) is 94.7 Å². The number of benzene rings is 5. The third kappa shape index (κ3) is 24.7. The van der Waals surface area contributed by atoms with Gasteiger partial charge in [0.25, 0.3) is 29.5 Å². The van der Waals surface area contributed by atoms with Gasteiger partial charge in [0.1, 0.15) is 0 Å². The molecule has 0 aromatic heterocycles. The fourth-order valence-electron chi connectivity index (χ4n) is 11.2. The SMILES string of the molecule is CC(C)c1ccc(C(=O)N(C)C)cc1.CC(C)c1ccc(C(=O)N2CCN(C)CC2)cc1.CC(C)c1ccc(C(=O)NC2CCN(C(C)C)CC2)cc1.CC(C)c1ccc(C(=O)NC2CCN(C)CC2)cc1.CCN1CCN(C(=O)c2ccc(C(C)C)cc2)CC1. The first kappa shape index (κ1) is 75.0. The monoisotopic (exact) mass is 1250 g/mol. The Morgan fingerprint density at radius 1 is 0.385 bits per heavy atom. The summed E-state index contributed by atoms with van der Waals surface area (Å²) in [7, 11) is 7.75. The Hall–Kier alpha value is -6.71. The van der Waals surface area contributed by atoms with Gasteiger partial charge in [-0.05, 0) is 191 Å². The van der Waals surface area contributed by atoms with E-state index in [0.717, 1.165) is 139 Å². The van der Waals surface area contributed by atoms with Gasteiger partial charge in [0.05, 0.1) is 0 Å². The van der Waals surface area contributed by atoms with Gasteiger partial charge in [0.15, 0.2) is 0 Å². The second-order valence-electron chi connectivity index (χ2n) is 27.3. The Morgan fingerprint density at radius 3 is 0.945 bits per heavy atom. The lowest BCUT2D eigenvalue weighted by molar-refractivity contribution is 0.0641. The lowest BCUT2D eigenvalue weighted by Gasteiger charge is -2.34. The van der Waals surface area contributed by atoms with Gasteiger partial charge >= 0.3 is 0 Å². The maximum atomic E-state index is 12.4. The molecule has 9 rings (SSSR count). The van der Waals surface area contributed by atoms with Crippen LogP contribution in [-0.2, 0) is 0 Å². The Bertz CT molecular complexity index is 2940. The molecule has 4 aliphatic heterocycles. The molecular formula is C77H115N9O5. The van der Waals surface area contributed by atoms with E-state index >= 15 is 0 Å². The van der Waals surface area contributed by atoms with Gasteiger partial charge in [0, 0.05) is 125 Å². The number of nitrogens with one attached hydrogen (secondary N) is 2. The molecular weight excluding hydrogens is 1130 g/mol. The first-order valence-corrected chi connectivity index (χ1v) is 34.0. The van der Waals surface area contributed by atoms with Crippen LogP contribution in [0, 0.1) is 0 Å². The normalized spacial score (nSPS) is 16.3. The molecule has 0 aliphatic carbocycles. The molecule has 2 N–H and O–H groups in total. The number of hydrogen-bond donors (Lipinski definition) is 2. The topological polar surface area (TPSA) is 132 Å². The van der Waals surface area contributed by atoms with Crippen LogP contribution in [0.2, 0.25) is 0 Å². The Morgan fingerprint density at radius 2 is 0.659 bits per heavy atom. The van der Waals surface area contributed by atoms with Crippen LogP contribution in [0.5, 0.6) is 0 Å². The van der Waals surface area contributed by atoms with Crippen LogP contribution in [0.1, 0.15) is 225 Å². The summed E-state index contributed by atoms with van der Waals surface area (Å²) in [5.74, 6) is 3.06. The summed E-state index contributed by atoms with van der Waals surface area (Å²) >= 11 is 0. The van der Waals surface area contributed by atoms with Crippen LogP contribution in [-0.4, -0.2) is 195 Å². The quantitative estimate of drug-likeness (QED) is 0.112. The number of carbonyl (C=O) groups is 5. The van der Waals surface area contributed by atoms with Crippen LogP contribution < -0.4 is 10.6 Å². The third-order valence-corrected chi connectivity index (χ3v) is 18.1. The lowest BCUT2D eigenvalue weighted by atomic mass is 10.0. The second kappa shape index (κ2) is 37.7. The van der Waals surface area contributed by atoms with Crippen LogP contribution >= 0.6 is 0 Å². The highest BCUT2D eigenvalue weighted by Crippen LogP contribution is 2.22. The average molecular weight is 1250 g/mol. The largest absolute Gasteiger partial charge is 0.349 e. The summed E-state index contributed by atoms with van der Waals surface area (Å²) in [6.45, 7) is 40.9. The fourth-order valence-corrected chi connectivity index (χ4v) is 11.2. The van der Waals surface area contributed by atoms with Gasteiger partial charge in [-0.1, -0.05) is 137 Å². The molecule has 0 spiro atoms. The number of likely N-dealkylation sites (N-methyl/N-ethyl adjacent to an activating group) is 2. The molecule has 4 fully saturated rings. The van der Waals surface area contributed by atoms with Crippen LogP contribution in [0.3, 0.4) is 0 Å². The van der Waals surface area contributed by atoms with Crippen molar-refractivity contribution in [3.63, 3.8) is 0 Å². The number of carbonyl (C=O) groups excluding carboxylic acids is 5. The van der Waals surface area contributed by atoms with E-state index in [-0.39, 0.29) is 29.5 Å². The summed E-state index contributed by atoms with van der Waals surface area (Å²) < 4.78 is 0. The lowest BCUT2D eigenvalue weighted by Crippen LogP contribution is -2.48. The van der Waals surface area contributed by atoms with E-state index in [0.29, 0.717) is 47.7 Å². The summed E-state index contributed by atoms with van der Waals surface area (Å²) in [5, 5.41) is 6.32. The molecule has 0 bridgehead atoms. The van der Waals surface area contributed by atoms with E-state index < -0.39 is 0 Å². The molecule has 0 atom stereocenters. The first-order chi connectivity index (χ1) is 43.2. The molecule has 5 aromatic rings. The van der Waals surface area contributed by atoms with Crippen LogP contribution in [0.15, 0.2) is 121 Å². The molecule has 0 saturated carbocycles. The maximum absolute atomic E-state index is 12.4. The molecule has 91 heavy (non-hydrogen) atoms. The molecule has 14 heteroatoms. The van der Waals surface area contributed by atoms with Crippen molar-refractivity contribution in [3.8, 4) is 0 Å². The molecule has 498 valence electrons. The van der Waals surface area contributed by atoms with Crippen molar-refractivity contribution in [1.29, 1.82) is 0 Å². The Labute approximate surface area is 549 Å². The van der Waals surface area contributed by atoms with Crippen molar-refractivity contribution in [1.82, 2.24) is 44.9 Å². The molecule has 4 saturated heterocycles. The number of piperazine rings is 2. The fraction of sp³-hybridized carbons (Fsp3) is 0.545. The van der Waals surface area contributed by atoms with Crippen molar-refractivity contribution in [2.24, 2.45) is 0 Å². The van der Waals surface area contributed by atoms with Gasteiger partial charge in [0.2, 0.25) is 0 Å². The van der Waals surface area contributed by atoms with Crippen molar-refractivity contribution in [2.45, 2.75) is 163 Å². The van der Waals surface area contributed by atoms with E-state index in [9.17, 15) is 24.0 Å². The Balaban J connectivity index is 0.000000208. The minimum atomic E-state index is 0.0558. The number of likely N-dealkylation sites (tertiary alicyclic amines) is 2. The minimum absolute atomic E-state index is 0.0558. The molecule has 5 aromatic carbocycles. The molecule has 14 nitrogen and oxygen atoms in total. The zero-order chi connectivity index (χ0) is 66.9. The van der Waals surface area contributed by atoms with Gasteiger partial charge in [-0.2, -0.15) is 0 Å².